The van der Waals surface area contributed by atoms with Gasteiger partial charge in [-0.3, -0.25) is 0 Å². The van der Waals surface area contributed by atoms with Crippen LogP contribution < -0.4 is 51.4 Å². The fourth-order valence-corrected chi connectivity index (χ4v) is 2.18. The standard InChI is InChI=1S/C10H18.C7H16O.C3H7.K/c1-10-8-6-4-2-3-5-7-9-10;1-3-4-5-6-7-8-2;1-3-2;/h2,7,10H,3-6,8-9H2,1H3;3-7H2,1-2H3;3H,1-2H3;/q-2;;-1;+1. The molecule has 1 rings (SSSR count). The van der Waals surface area contributed by atoms with Crippen molar-refractivity contribution >= 4 is 0 Å². The van der Waals surface area contributed by atoms with Gasteiger partial charge in [0.1, 0.15) is 0 Å². The van der Waals surface area contributed by atoms with E-state index in [4.69, 9.17) is 4.74 Å². The van der Waals surface area contributed by atoms with Gasteiger partial charge >= 0.3 is 51.4 Å². The molecule has 0 spiro atoms. The van der Waals surface area contributed by atoms with E-state index in [1.807, 2.05) is 20.3 Å². The minimum absolute atomic E-state index is 0. The molecule has 0 aromatic rings. The van der Waals surface area contributed by atoms with Crippen LogP contribution in [-0.2, 0) is 4.74 Å². The summed E-state index contributed by atoms with van der Waals surface area (Å²) < 4.78 is 4.89. The van der Waals surface area contributed by atoms with Crippen LogP contribution in [0.1, 0.15) is 91.9 Å². The topological polar surface area (TPSA) is 9.23 Å². The Morgan fingerprint density at radius 3 is 2.27 bits per heavy atom. The van der Waals surface area contributed by atoms with Gasteiger partial charge in [-0.1, -0.05) is 51.9 Å². The Labute approximate surface area is 185 Å². The third kappa shape index (κ3) is 29.6. The average Bonchev–Trinajstić information content (AvgIpc) is 2.59. The molecule has 1 nitrogen and oxygen atoms in total. The number of unbranched alkanes of at least 4 members (excludes halogenated alkanes) is 3. The summed E-state index contributed by atoms with van der Waals surface area (Å²) in [6.45, 7) is 9.51. The first-order valence-corrected chi connectivity index (χ1v) is 9.09. The summed E-state index contributed by atoms with van der Waals surface area (Å²) in [7, 11) is 1.76. The number of hydrogen-bond donors (Lipinski definition) is 0. The summed E-state index contributed by atoms with van der Waals surface area (Å²) in [6.07, 6.45) is 20.2. The SMILES string of the molecule is CC1C[CH-]CC[CH-]CCC1.CCCCCCOC.C[CH-]C.[K+]. The molecule has 22 heavy (non-hydrogen) atoms. The molecule has 0 amide bonds. The van der Waals surface area contributed by atoms with Crippen LogP contribution in [0.15, 0.2) is 0 Å². The number of methoxy groups -OCH3 is 1. The predicted molar refractivity (Wildman–Crippen MR) is 97.1 cm³/mol. The second-order valence-corrected chi connectivity index (χ2v) is 6.06. The van der Waals surface area contributed by atoms with Gasteiger partial charge in [-0.2, -0.15) is 26.7 Å². The van der Waals surface area contributed by atoms with Gasteiger partial charge < -0.3 is 24.0 Å². The van der Waals surface area contributed by atoms with Gasteiger partial charge in [0, 0.05) is 13.7 Å². The fourth-order valence-electron chi connectivity index (χ4n) is 2.18. The molecular weight excluding hydrogens is 295 g/mol. The van der Waals surface area contributed by atoms with E-state index in [0.717, 1.165) is 12.5 Å². The molecule has 1 aliphatic carbocycles. The minimum atomic E-state index is 0. The number of hydrogen-bond acceptors (Lipinski definition) is 1. The monoisotopic (exact) mass is 336 g/mol. The summed E-state index contributed by atoms with van der Waals surface area (Å²) in [5.41, 5.74) is 0. The Morgan fingerprint density at radius 2 is 1.68 bits per heavy atom. The first kappa shape index (κ1) is 28.4. The van der Waals surface area contributed by atoms with E-state index in [2.05, 4.69) is 26.7 Å². The van der Waals surface area contributed by atoms with Crippen LogP contribution in [0, 0.1) is 25.2 Å². The third-order valence-electron chi connectivity index (χ3n) is 3.45. The predicted octanol–water partition coefficient (Wildman–Crippen LogP) is 3.83. The summed E-state index contributed by atoms with van der Waals surface area (Å²) in [5.74, 6) is 0.937. The van der Waals surface area contributed by atoms with E-state index < -0.39 is 0 Å². The van der Waals surface area contributed by atoms with Crippen molar-refractivity contribution in [2.75, 3.05) is 13.7 Å². The second kappa shape index (κ2) is 27.4. The molecule has 2 heteroatoms. The maximum absolute atomic E-state index is 4.89. The molecular formula is C20H41KO-2. The summed E-state index contributed by atoms with van der Waals surface area (Å²) >= 11 is 0. The molecule has 0 radical (unpaired) electrons. The van der Waals surface area contributed by atoms with Crippen LogP contribution in [0.4, 0.5) is 0 Å². The molecule has 1 saturated carbocycles. The Balaban J connectivity index is -0.000000273. The third-order valence-corrected chi connectivity index (χ3v) is 3.45. The van der Waals surface area contributed by atoms with Gasteiger partial charge in [-0.15, -0.1) is 0 Å². The van der Waals surface area contributed by atoms with Crippen molar-refractivity contribution < 1.29 is 56.1 Å². The van der Waals surface area contributed by atoms with E-state index in [1.54, 1.807) is 7.11 Å². The van der Waals surface area contributed by atoms with Gasteiger partial charge in [-0.05, 0) is 6.42 Å². The molecule has 1 unspecified atom stereocenters. The maximum atomic E-state index is 4.89. The molecule has 0 aliphatic heterocycles. The first-order valence-electron chi connectivity index (χ1n) is 9.09. The Morgan fingerprint density at radius 1 is 1.05 bits per heavy atom. The largest absolute Gasteiger partial charge is 1.00 e. The van der Waals surface area contributed by atoms with E-state index in [0.29, 0.717) is 0 Å². The normalized spacial score (nSPS) is 18.1. The first-order chi connectivity index (χ1) is 10.2. The molecule has 130 valence electrons. The zero-order valence-electron chi connectivity index (χ0n) is 16.5. The molecule has 1 fully saturated rings. The second-order valence-electron chi connectivity index (χ2n) is 6.06. The van der Waals surface area contributed by atoms with Crippen LogP contribution in [0.25, 0.3) is 0 Å². The Kier molecular flexibility index (Phi) is 35.4. The summed E-state index contributed by atoms with van der Waals surface area (Å²) in [4.78, 5) is 0. The van der Waals surface area contributed by atoms with Crippen molar-refractivity contribution in [3.8, 4) is 0 Å². The van der Waals surface area contributed by atoms with Crippen molar-refractivity contribution in [1.82, 2.24) is 0 Å². The van der Waals surface area contributed by atoms with Gasteiger partial charge in [0.15, 0.2) is 0 Å². The zero-order valence-corrected chi connectivity index (χ0v) is 19.6. The van der Waals surface area contributed by atoms with Crippen molar-refractivity contribution in [3.05, 3.63) is 19.3 Å². The molecule has 1 atom stereocenters. The van der Waals surface area contributed by atoms with E-state index in [-0.39, 0.29) is 51.4 Å². The van der Waals surface area contributed by atoms with Crippen molar-refractivity contribution in [2.24, 2.45) is 5.92 Å². The fraction of sp³-hybridized carbons (Fsp3) is 0.850. The van der Waals surface area contributed by atoms with Crippen molar-refractivity contribution in [1.29, 1.82) is 0 Å². The van der Waals surface area contributed by atoms with Crippen LogP contribution in [-0.4, -0.2) is 13.7 Å². The molecule has 0 N–H and O–H groups in total. The van der Waals surface area contributed by atoms with Crippen molar-refractivity contribution in [3.63, 3.8) is 0 Å². The summed E-state index contributed by atoms with van der Waals surface area (Å²) in [6, 6.07) is 0. The van der Waals surface area contributed by atoms with E-state index in [9.17, 15) is 0 Å². The van der Waals surface area contributed by atoms with Gasteiger partial charge in [0.05, 0.1) is 0 Å². The Bertz CT molecular complexity index is 146. The molecule has 0 aromatic carbocycles. The number of rotatable bonds is 5. The molecule has 0 heterocycles. The van der Waals surface area contributed by atoms with Gasteiger partial charge in [-0.25, -0.2) is 12.8 Å². The molecule has 0 bridgehead atoms. The maximum Gasteiger partial charge on any atom is 1.00 e. The number of ether oxygens (including phenoxy) is 1. The van der Waals surface area contributed by atoms with Crippen molar-refractivity contribution in [2.45, 2.75) is 91.9 Å². The smallest absolute Gasteiger partial charge is 0.385 e. The van der Waals surface area contributed by atoms with Crippen LogP contribution in [0.3, 0.4) is 0 Å². The molecule has 1 aliphatic rings. The van der Waals surface area contributed by atoms with Gasteiger partial charge in [0.25, 0.3) is 0 Å². The zero-order chi connectivity index (χ0) is 16.2. The minimum Gasteiger partial charge on any atom is -0.385 e. The Hall–Kier alpha value is 1.60. The molecule has 0 saturated heterocycles. The van der Waals surface area contributed by atoms with Crippen LogP contribution >= 0.6 is 0 Å². The van der Waals surface area contributed by atoms with Crippen LogP contribution in [0.2, 0.25) is 0 Å². The van der Waals surface area contributed by atoms with Gasteiger partial charge in [0.2, 0.25) is 0 Å². The summed E-state index contributed by atoms with van der Waals surface area (Å²) in [5, 5.41) is 0. The van der Waals surface area contributed by atoms with E-state index >= 15 is 0 Å². The van der Waals surface area contributed by atoms with E-state index in [1.165, 1.54) is 64.2 Å². The molecule has 0 aromatic heterocycles. The quantitative estimate of drug-likeness (QED) is 0.421. The average molecular weight is 337 g/mol. The van der Waals surface area contributed by atoms with Crippen LogP contribution in [0.5, 0.6) is 0 Å².